The lowest BCUT2D eigenvalue weighted by Crippen LogP contribution is -2.39. The molecule has 0 aliphatic carbocycles. The Morgan fingerprint density at radius 3 is 2.67 bits per heavy atom. The van der Waals surface area contributed by atoms with Crippen LogP contribution in [0.2, 0.25) is 0 Å². The van der Waals surface area contributed by atoms with Crippen LogP contribution in [0.25, 0.3) is 0 Å². The van der Waals surface area contributed by atoms with Crippen LogP contribution in [0.15, 0.2) is 30.3 Å². The number of benzene rings is 2. The number of hydrogen-bond donors (Lipinski definition) is 1. The first-order valence-corrected chi connectivity index (χ1v) is 8.77. The minimum Gasteiger partial charge on any atom is -0.497 e. The summed E-state index contributed by atoms with van der Waals surface area (Å²) in [5, 5.41) is 2.99. The van der Waals surface area contributed by atoms with Gasteiger partial charge in [-0.05, 0) is 49.4 Å². The fraction of sp³-hybridized carbons (Fsp3) is 0.350. The van der Waals surface area contributed by atoms with Crippen molar-refractivity contribution in [3.63, 3.8) is 0 Å². The number of amides is 1. The van der Waals surface area contributed by atoms with Crippen LogP contribution in [0, 0.1) is 0 Å². The van der Waals surface area contributed by atoms with Gasteiger partial charge in [0.25, 0.3) is 0 Å². The van der Waals surface area contributed by atoms with Crippen LogP contribution in [0.4, 0.5) is 5.69 Å². The van der Waals surface area contributed by atoms with E-state index in [1.165, 1.54) is 0 Å². The Labute approximate surface area is 157 Å². The lowest BCUT2D eigenvalue weighted by atomic mass is 9.90. The van der Waals surface area contributed by atoms with E-state index >= 15 is 0 Å². The maximum atomic E-state index is 13.2. The van der Waals surface area contributed by atoms with Crippen LogP contribution in [-0.4, -0.2) is 45.4 Å². The van der Waals surface area contributed by atoms with Crippen LogP contribution >= 0.6 is 0 Å². The van der Waals surface area contributed by atoms with Gasteiger partial charge >= 0.3 is 0 Å². The van der Waals surface area contributed by atoms with E-state index in [9.17, 15) is 4.79 Å². The van der Waals surface area contributed by atoms with Crippen LogP contribution in [0.3, 0.4) is 0 Å². The third kappa shape index (κ3) is 3.04. The highest BCUT2D eigenvalue weighted by atomic mass is 16.7. The van der Waals surface area contributed by atoms with Crippen molar-refractivity contribution >= 4 is 11.6 Å². The molecule has 0 unspecified atom stereocenters. The number of nitrogens with zero attached hydrogens (tertiary/aromatic N) is 1. The van der Waals surface area contributed by atoms with Crippen molar-refractivity contribution < 1.29 is 23.7 Å². The second kappa shape index (κ2) is 7.00. The van der Waals surface area contributed by atoms with Crippen molar-refractivity contribution in [2.45, 2.75) is 12.5 Å². The van der Waals surface area contributed by atoms with Gasteiger partial charge in [-0.2, -0.15) is 0 Å². The van der Waals surface area contributed by atoms with E-state index in [0.717, 1.165) is 29.8 Å². The van der Waals surface area contributed by atoms with Gasteiger partial charge in [-0.1, -0.05) is 0 Å². The minimum atomic E-state index is -0.486. The van der Waals surface area contributed by atoms with Gasteiger partial charge in [0.05, 0.1) is 14.2 Å². The highest BCUT2D eigenvalue weighted by Crippen LogP contribution is 2.49. The third-order valence-corrected chi connectivity index (χ3v) is 5.00. The summed E-state index contributed by atoms with van der Waals surface area (Å²) in [6, 6.07) is 8.73. The second-order valence-corrected chi connectivity index (χ2v) is 6.57. The first-order valence-electron chi connectivity index (χ1n) is 8.77. The SMILES string of the molecule is COc1ccc(NC(=O)[C@H]2c3c(cc4c(c3OC)OCO4)CCN2C)cc1. The standard InChI is InChI=1S/C20H22N2O5/c1-22-9-8-12-10-15-18(27-11-26-15)19(25-3)16(12)17(22)20(23)21-13-4-6-14(24-2)7-5-13/h4-7,10,17H,8-9,11H2,1-3H3,(H,21,23)/t17-/m1/s1. The van der Waals surface area contributed by atoms with Gasteiger partial charge in [0, 0.05) is 17.8 Å². The monoisotopic (exact) mass is 370 g/mol. The molecule has 2 heterocycles. The van der Waals surface area contributed by atoms with E-state index in [-0.39, 0.29) is 12.7 Å². The molecular formula is C20H22N2O5. The number of carbonyl (C=O) groups is 1. The smallest absolute Gasteiger partial charge is 0.246 e. The fourth-order valence-electron chi connectivity index (χ4n) is 3.65. The van der Waals surface area contributed by atoms with Crippen LogP contribution in [-0.2, 0) is 11.2 Å². The van der Waals surface area contributed by atoms with E-state index in [1.807, 2.05) is 42.3 Å². The predicted octanol–water partition coefficient (Wildman–Crippen LogP) is 2.60. The molecule has 2 aliphatic heterocycles. The van der Waals surface area contributed by atoms with Gasteiger partial charge in [-0.15, -0.1) is 0 Å². The summed E-state index contributed by atoms with van der Waals surface area (Å²) >= 11 is 0. The molecule has 4 rings (SSSR count). The maximum absolute atomic E-state index is 13.2. The number of ether oxygens (including phenoxy) is 4. The topological polar surface area (TPSA) is 69.3 Å². The van der Waals surface area contributed by atoms with Crippen molar-refractivity contribution in [2.24, 2.45) is 0 Å². The Kier molecular flexibility index (Phi) is 4.53. The molecule has 0 spiro atoms. The van der Waals surface area contributed by atoms with E-state index < -0.39 is 6.04 Å². The van der Waals surface area contributed by atoms with Crippen molar-refractivity contribution in [2.75, 3.05) is 39.9 Å². The number of hydrogen-bond acceptors (Lipinski definition) is 6. The zero-order valence-corrected chi connectivity index (χ0v) is 15.6. The average molecular weight is 370 g/mol. The highest BCUT2D eigenvalue weighted by molar-refractivity contribution is 5.96. The lowest BCUT2D eigenvalue weighted by molar-refractivity contribution is -0.121. The average Bonchev–Trinajstić information content (AvgIpc) is 3.15. The molecule has 0 saturated heterocycles. The molecule has 0 aromatic heterocycles. The van der Waals surface area contributed by atoms with Gasteiger partial charge in [-0.3, -0.25) is 9.69 Å². The molecule has 27 heavy (non-hydrogen) atoms. The molecule has 2 aromatic carbocycles. The number of likely N-dealkylation sites (N-methyl/N-ethyl adjacent to an activating group) is 1. The Balaban J connectivity index is 1.69. The van der Waals surface area contributed by atoms with E-state index in [1.54, 1.807) is 14.2 Å². The molecule has 1 atom stereocenters. The Bertz CT molecular complexity index is 866. The quantitative estimate of drug-likeness (QED) is 0.892. The van der Waals surface area contributed by atoms with Crippen LogP contribution in [0.1, 0.15) is 17.2 Å². The molecule has 1 amide bonds. The van der Waals surface area contributed by atoms with Crippen molar-refractivity contribution in [1.29, 1.82) is 0 Å². The molecule has 0 fully saturated rings. The van der Waals surface area contributed by atoms with Crippen molar-refractivity contribution in [3.8, 4) is 23.0 Å². The molecule has 7 nitrogen and oxygen atoms in total. The molecule has 0 saturated carbocycles. The van der Waals surface area contributed by atoms with Crippen molar-refractivity contribution in [1.82, 2.24) is 4.90 Å². The zero-order chi connectivity index (χ0) is 19.0. The number of nitrogens with one attached hydrogen (secondary N) is 1. The Morgan fingerprint density at radius 2 is 1.96 bits per heavy atom. The fourth-order valence-corrected chi connectivity index (χ4v) is 3.65. The summed E-state index contributed by atoms with van der Waals surface area (Å²) in [5.74, 6) is 2.42. The number of methoxy groups -OCH3 is 2. The van der Waals surface area contributed by atoms with Gasteiger partial charge in [0.2, 0.25) is 18.4 Å². The molecular weight excluding hydrogens is 348 g/mol. The van der Waals surface area contributed by atoms with Gasteiger partial charge < -0.3 is 24.3 Å². The largest absolute Gasteiger partial charge is 0.497 e. The molecule has 1 N–H and O–H groups in total. The molecule has 0 radical (unpaired) electrons. The van der Waals surface area contributed by atoms with Crippen LogP contribution < -0.4 is 24.3 Å². The molecule has 142 valence electrons. The zero-order valence-electron chi connectivity index (χ0n) is 15.6. The maximum Gasteiger partial charge on any atom is 0.246 e. The number of rotatable bonds is 4. The van der Waals surface area contributed by atoms with Gasteiger partial charge in [-0.25, -0.2) is 0 Å². The number of fused-ring (bicyclic) bond motifs is 2. The molecule has 0 bridgehead atoms. The summed E-state index contributed by atoms with van der Waals surface area (Å²) < 4.78 is 21.9. The van der Waals surface area contributed by atoms with Crippen LogP contribution in [0.5, 0.6) is 23.0 Å². The summed E-state index contributed by atoms with van der Waals surface area (Å²) in [6.45, 7) is 0.920. The molecule has 2 aromatic rings. The molecule has 7 heteroatoms. The van der Waals surface area contributed by atoms with E-state index in [2.05, 4.69) is 5.32 Å². The van der Waals surface area contributed by atoms with Gasteiger partial charge in [0.1, 0.15) is 11.8 Å². The number of carbonyl (C=O) groups excluding carboxylic acids is 1. The summed E-state index contributed by atoms with van der Waals surface area (Å²) in [5.41, 5.74) is 2.59. The Hall–Kier alpha value is -2.93. The summed E-state index contributed by atoms with van der Waals surface area (Å²) in [6.07, 6.45) is 0.811. The number of anilines is 1. The molecule has 2 aliphatic rings. The second-order valence-electron chi connectivity index (χ2n) is 6.57. The first kappa shape index (κ1) is 17.5. The highest BCUT2D eigenvalue weighted by Gasteiger charge is 2.37. The van der Waals surface area contributed by atoms with Gasteiger partial charge in [0.15, 0.2) is 11.5 Å². The summed E-state index contributed by atoms with van der Waals surface area (Å²) in [4.78, 5) is 15.2. The van der Waals surface area contributed by atoms with Crippen molar-refractivity contribution in [3.05, 3.63) is 41.5 Å². The minimum absolute atomic E-state index is 0.124. The van der Waals surface area contributed by atoms with E-state index in [4.69, 9.17) is 18.9 Å². The normalized spacial score (nSPS) is 18.0. The third-order valence-electron chi connectivity index (χ3n) is 5.00. The van der Waals surface area contributed by atoms with E-state index in [0.29, 0.717) is 22.9 Å². The lowest BCUT2D eigenvalue weighted by Gasteiger charge is -2.34. The summed E-state index contributed by atoms with van der Waals surface area (Å²) in [7, 11) is 5.13. The first-order chi connectivity index (χ1) is 13.1. The Morgan fingerprint density at radius 1 is 1.19 bits per heavy atom. The predicted molar refractivity (Wildman–Crippen MR) is 99.8 cm³/mol.